The van der Waals surface area contributed by atoms with E-state index in [0.29, 0.717) is 0 Å². The number of nitrogens with two attached hydrogens (primary N) is 1. The summed E-state index contributed by atoms with van der Waals surface area (Å²) in [7, 11) is 0. The molecule has 2 aromatic rings. The number of halogens is 1. The lowest BCUT2D eigenvalue weighted by molar-refractivity contribution is 0.451. The first-order chi connectivity index (χ1) is 8.72. The summed E-state index contributed by atoms with van der Waals surface area (Å²) in [6, 6.07) is 8.68. The molecule has 0 saturated heterocycles. The molecule has 4 heteroatoms. The summed E-state index contributed by atoms with van der Waals surface area (Å²) < 4.78 is 3.40. The van der Waals surface area contributed by atoms with Gasteiger partial charge in [0.05, 0.1) is 0 Å². The van der Waals surface area contributed by atoms with Gasteiger partial charge in [0.25, 0.3) is 0 Å². The molecule has 18 heavy (non-hydrogen) atoms. The number of rotatable bonds is 2. The van der Waals surface area contributed by atoms with Crippen molar-refractivity contribution in [1.82, 2.24) is 9.55 Å². The van der Waals surface area contributed by atoms with Crippen LogP contribution in [-0.2, 0) is 19.4 Å². The highest BCUT2D eigenvalue weighted by molar-refractivity contribution is 9.10. The molecule has 0 aliphatic carbocycles. The van der Waals surface area contributed by atoms with Crippen molar-refractivity contribution in [3.05, 3.63) is 52.0 Å². The van der Waals surface area contributed by atoms with Crippen LogP contribution in [0.15, 0.2) is 34.9 Å². The molecule has 0 fully saturated rings. The molecule has 1 unspecified atom stereocenters. The molecule has 1 aromatic heterocycles. The summed E-state index contributed by atoms with van der Waals surface area (Å²) in [5.41, 5.74) is 8.64. The Morgan fingerprint density at radius 3 is 2.89 bits per heavy atom. The molecular weight excluding hydrogens is 290 g/mol. The van der Waals surface area contributed by atoms with Gasteiger partial charge in [-0.2, -0.15) is 0 Å². The van der Waals surface area contributed by atoms with Crippen molar-refractivity contribution in [2.75, 3.05) is 0 Å². The Bertz CT molecular complexity index is 545. The fourth-order valence-corrected chi connectivity index (χ4v) is 2.73. The Kier molecular flexibility index (Phi) is 3.22. The minimum atomic E-state index is 0.273. The van der Waals surface area contributed by atoms with Crippen LogP contribution >= 0.6 is 15.9 Å². The zero-order chi connectivity index (χ0) is 12.5. The second kappa shape index (κ2) is 4.86. The molecule has 0 spiro atoms. The van der Waals surface area contributed by atoms with Gasteiger partial charge in [-0.3, -0.25) is 0 Å². The van der Waals surface area contributed by atoms with Crippen molar-refractivity contribution < 1.29 is 0 Å². The number of aromatic nitrogens is 2. The first-order valence-electron chi connectivity index (χ1n) is 6.25. The molecule has 3 rings (SSSR count). The van der Waals surface area contributed by atoms with E-state index in [1.54, 1.807) is 0 Å². The van der Waals surface area contributed by atoms with Gasteiger partial charge in [-0.15, -0.1) is 0 Å². The number of imidazole rings is 1. The molecule has 1 aromatic carbocycles. The molecule has 0 amide bonds. The molecule has 0 saturated carbocycles. The first-order valence-corrected chi connectivity index (χ1v) is 7.05. The summed E-state index contributed by atoms with van der Waals surface area (Å²) in [4.78, 5) is 4.55. The SMILES string of the molecule is NC1CCc2cnc(Cc3ccc(Br)cc3)n2C1. The van der Waals surface area contributed by atoms with Gasteiger partial charge in [0.2, 0.25) is 0 Å². The Balaban J connectivity index is 1.85. The number of hydrogen-bond donors (Lipinski definition) is 1. The number of hydrogen-bond acceptors (Lipinski definition) is 2. The van der Waals surface area contributed by atoms with Crippen LogP contribution in [0.4, 0.5) is 0 Å². The molecule has 1 atom stereocenters. The molecule has 2 heterocycles. The smallest absolute Gasteiger partial charge is 0.113 e. The Morgan fingerprint density at radius 2 is 2.11 bits per heavy atom. The fraction of sp³-hybridized carbons (Fsp3) is 0.357. The van der Waals surface area contributed by atoms with Gasteiger partial charge in [0, 0.05) is 35.4 Å². The second-order valence-electron chi connectivity index (χ2n) is 4.88. The van der Waals surface area contributed by atoms with E-state index in [2.05, 4.69) is 49.7 Å². The third-order valence-electron chi connectivity index (χ3n) is 3.48. The summed E-state index contributed by atoms with van der Waals surface area (Å²) >= 11 is 3.45. The third-order valence-corrected chi connectivity index (χ3v) is 4.01. The highest BCUT2D eigenvalue weighted by atomic mass is 79.9. The second-order valence-corrected chi connectivity index (χ2v) is 5.79. The van der Waals surface area contributed by atoms with E-state index < -0.39 is 0 Å². The average Bonchev–Trinajstić information content (AvgIpc) is 2.75. The highest BCUT2D eigenvalue weighted by Crippen LogP contribution is 2.19. The predicted molar refractivity (Wildman–Crippen MR) is 75.5 cm³/mol. The van der Waals surface area contributed by atoms with E-state index in [0.717, 1.165) is 36.1 Å². The highest BCUT2D eigenvalue weighted by Gasteiger charge is 2.18. The van der Waals surface area contributed by atoms with Crippen molar-refractivity contribution in [3.63, 3.8) is 0 Å². The molecular formula is C14H16BrN3. The maximum absolute atomic E-state index is 6.04. The fourth-order valence-electron chi connectivity index (χ4n) is 2.46. The molecule has 3 nitrogen and oxygen atoms in total. The Morgan fingerprint density at radius 1 is 1.33 bits per heavy atom. The van der Waals surface area contributed by atoms with Gasteiger partial charge in [0.15, 0.2) is 0 Å². The van der Waals surface area contributed by atoms with Crippen LogP contribution in [0.3, 0.4) is 0 Å². The largest absolute Gasteiger partial charge is 0.330 e. The molecule has 2 N–H and O–H groups in total. The van der Waals surface area contributed by atoms with Crippen LogP contribution in [0.1, 0.15) is 23.5 Å². The van der Waals surface area contributed by atoms with Gasteiger partial charge >= 0.3 is 0 Å². The number of fused-ring (bicyclic) bond motifs is 1. The predicted octanol–water partition coefficient (Wildman–Crippen LogP) is 2.51. The van der Waals surface area contributed by atoms with Crippen LogP contribution in [0.25, 0.3) is 0 Å². The van der Waals surface area contributed by atoms with Crippen LogP contribution in [0.2, 0.25) is 0 Å². The van der Waals surface area contributed by atoms with Crippen molar-refractivity contribution >= 4 is 15.9 Å². The molecule has 1 aliphatic heterocycles. The summed E-state index contributed by atoms with van der Waals surface area (Å²) in [6.07, 6.45) is 5.00. The van der Waals surface area contributed by atoms with Crippen molar-refractivity contribution in [2.45, 2.75) is 31.8 Å². The van der Waals surface area contributed by atoms with E-state index in [9.17, 15) is 0 Å². The van der Waals surface area contributed by atoms with E-state index in [1.165, 1.54) is 11.3 Å². The minimum Gasteiger partial charge on any atom is -0.330 e. The van der Waals surface area contributed by atoms with E-state index in [4.69, 9.17) is 5.73 Å². The quantitative estimate of drug-likeness (QED) is 0.926. The van der Waals surface area contributed by atoms with Gasteiger partial charge in [-0.1, -0.05) is 28.1 Å². The van der Waals surface area contributed by atoms with E-state index in [1.807, 2.05) is 6.20 Å². The standard InChI is InChI=1S/C14H16BrN3/c15-11-3-1-10(2-4-11)7-14-17-8-13-6-5-12(16)9-18(13)14/h1-4,8,12H,5-7,9,16H2. The first kappa shape index (κ1) is 11.9. The third kappa shape index (κ3) is 2.35. The zero-order valence-corrected chi connectivity index (χ0v) is 11.7. The van der Waals surface area contributed by atoms with E-state index in [-0.39, 0.29) is 6.04 Å². The molecule has 1 aliphatic rings. The van der Waals surface area contributed by atoms with Gasteiger partial charge in [-0.05, 0) is 30.5 Å². The molecule has 0 bridgehead atoms. The topological polar surface area (TPSA) is 43.8 Å². The van der Waals surface area contributed by atoms with Crippen LogP contribution in [0, 0.1) is 0 Å². The maximum atomic E-state index is 6.04. The van der Waals surface area contributed by atoms with Crippen LogP contribution in [0.5, 0.6) is 0 Å². The average molecular weight is 306 g/mol. The lowest BCUT2D eigenvalue weighted by atomic mass is 10.1. The number of aryl methyl sites for hydroxylation is 1. The number of benzene rings is 1. The van der Waals surface area contributed by atoms with Crippen molar-refractivity contribution in [1.29, 1.82) is 0 Å². The van der Waals surface area contributed by atoms with Gasteiger partial charge in [0.1, 0.15) is 5.82 Å². The van der Waals surface area contributed by atoms with Crippen LogP contribution < -0.4 is 5.73 Å². The summed E-state index contributed by atoms with van der Waals surface area (Å²) in [6.45, 7) is 0.904. The summed E-state index contributed by atoms with van der Waals surface area (Å²) in [5, 5.41) is 0. The van der Waals surface area contributed by atoms with Crippen molar-refractivity contribution in [2.24, 2.45) is 5.73 Å². The van der Waals surface area contributed by atoms with Crippen molar-refractivity contribution in [3.8, 4) is 0 Å². The van der Waals surface area contributed by atoms with Gasteiger partial charge < -0.3 is 10.3 Å². The zero-order valence-electron chi connectivity index (χ0n) is 10.1. The Hall–Kier alpha value is -1.13. The van der Waals surface area contributed by atoms with Gasteiger partial charge in [-0.25, -0.2) is 4.98 Å². The summed E-state index contributed by atoms with van der Waals surface area (Å²) in [5.74, 6) is 1.13. The Labute approximate surface area is 115 Å². The van der Waals surface area contributed by atoms with E-state index >= 15 is 0 Å². The molecule has 94 valence electrons. The lowest BCUT2D eigenvalue weighted by Crippen LogP contribution is -2.32. The normalized spacial score (nSPS) is 18.7. The lowest BCUT2D eigenvalue weighted by Gasteiger charge is -2.22. The molecule has 0 radical (unpaired) electrons. The maximum Gasteiger partial charge on any atom is 0.113 e. The minimum absolute atomic E-state index is 0.273. The van der Waals surface area contributed by atoms with Crippen LogP contribution in [-0.4, -0.2) is 15.6 Å². The number of nitrogens with zero attached hydrogens (tertiary/aromatic N) is 2. The monoisotopic (exact) mass is 305 g/mol.